The van der Waals surface area contributed by atoms with Crippen molar-refractivity contribution < 1.29 is 19.1 Å². The first kappa shape index (κ1) is 14.8. The zero-order valence-corrected chi connectivity index (χ0v) is 12.0. The van der Waals surface area contributed by atoms with Gasteiger partial charge in [0.05, 0.1) is 6.54 Å². The van der Waals surface area contributed by atoms with Crippen molar-refractivity contribution in [3.05, 3.63) is 34.7 Å². The maximum atomic E-state index is 11.4. The highest BCUT2D eigenvalue weighted by molar-refractivity contribution is 7.08. The third-order valence-electron chi connectivity index (χ3n) is 2.69. The molecule has 6 heteroatoms. The average Bonchev–Trinajstić information content (AvgIpc) is 3.11. The lowest BCUT2D eigenvalue weighted by Gasteiger charge is -2.09. The Morgan fingerprint density at radius 1 is 1.50 bits per heavy atom. The third kappa shape index (κ3) is 3.93. The number of hydrogen-bond acceptors (Lipinski definition) is 5. The van der Waals surface area contributed by atoms with Gasteiger partial charge in [-0.1, -0.05) is 0 Å². The summed E-state index contributed by atoms with van der Waals surface area (Å²) in [4.78, 5) is 11.4. The molecule has 2 N–H and O–H groups in total. The molecule has 2 aromatic rings. The topological polar surface area (TPSA) is 71.7 Å². The van der Waals surface area contributed by atoms with Crippen LogP contribution in [0.2, 0.25) is 0 Å². The van der Waals surface area contributed by atoms with Gasteiger partial charge in [0.15, 0.2) is 0 Å². The molecule has 0 unspecified atom stereocenters. The van der Waals surface area contributed by atoms with Crippen LogP contribution in [0, 0.1) is 0 Å². The second-order valence-electron chi connectivity index (χ2n) is 4.17. The van der Waals surface area contributed by atoms with Crippen LogP contribution in [0.3, 0.4) is 0 Å². The summed E-state index contributed by atoms with van der Waals surface area (Å²) in [6.45, 7) is 2.40. The molecule has 0 fully saturated rings. The van der Waals surface area contributed by atoms with E-state index in [1.54, 1.807) is 17.4 Å². The number of carbonyl (C=O) groups excluding carboxylic acids is 1. The number of aliphatic hydroxyl groups excluding tert-OH is 1. The van der Waals surface area contributed by atoms with E-state index in [9.17, 15) is 9.90 Å². The summed E-state index contributed by atoms with van der Waals surface area (Å²) < 4.78 is 10.5. The van der Waals surface area contributed by atoms with E-state index in [0.29, 0.717) is 18.1 Å². The normalized spacial score (nSPS) is 12.3. The monoisotopic (exact) mass is 295 g/mol. The molecule has 0 aromatic carbocycles. The zero-order valence-electron chi connectivity index (χ0n) is 11.2. The number of furan rings is 1. The van der Waals surface area contributed by atoms with E-state index in [-0.39, 0.29) is 19.1 Å². The van der Waals surface area contributed by atoms with Gasteiger partial charge in [-0.05, 0) is 30.5 Å². The third-order valence-corrected chi connectivity index (χ3v) is 3.37. The van der Waals surface area contributed by atoms with Crippen LogP contribution in [-0.2, 0) is 9.53 Å². The largest absolute Gasteiger partial charge is 0.458 e. The van der Waals surface area contributed by atoms with Crippen molar-refractivity contribution in [1.29, 1.82) is 0 Å². The molecule has 0 saturated heterocycles. The molecule has 108 valence electrons. The zero-order chi connectivity index (χ0) is 14.4. The number of amides is 1. The van der Waals surface area contributed by atoms with E-state index in [1.165, 1.54) is 0 Å². The van der Waals surface area contributed by atoms with Gasteiger partial charge >= 0.3 is 0 Å². The van der Waals surface area contributed by atoms with Crippen LogP contribution in [0.5, 0.6) is 0 Å². The second kappa shape index (κ2) is 7.23. The smallest absolute Gasteiger partial charge is 0.246 e. The second-order valence-corrected chi connectivity index (χ2v) is 4.95. The molecule has 0 aliphatic carbocycles. The first-order valence-electron chi connectivity index (χ1n) is 6.35. The molecular formula is C14H17NO4S. The standard InChI is InChI=1S/C14H17NO4S/c1-2-18-8-14(17)15-7-11(16)13-4-3-12(19-13)10-5-6-20-9-10/h3-6,9,11,16H,2,7-8H2,1H3,(H,15,17)/t11-/m1/s1. The molecule has 2 aromatic heterocycles. The van der Waals surface area contributed by atoms with Gasteiger partial charge in [-0.25, -0.2) is 0 Å². The lowest BCUT2D eigenvalue weighted by Crippen LogP contribution is -2.31. The Labute approximate surface area is 121 Å². The number of carbonyl (C=O) groups is 1. The summed E-state index contributed by atoms with van der Waals surface area (Å²) in [7, 11) is 0. The van der Waals surface area contributed by atoms with Gasteiger partial charge in [0.1, 0.15) is 24.2 Å². The van der Waals surface area contributed by atoms with E-state index in [1.807, 2.05) is 29.8 Å². The van der Waals surface area contributed by atoms with E-state index in [2.05, 4.69) is 5.32 Å². The Hall–Kier alpha value is -1.63. The Bertz CT molecular complexity index is 535. The molecule has 0 bridgehead atoms. The molecule has 0 spiro atoms. The minimum absolute atomic E-state index is 0.00152. The van der Waals surface area contributed by atoms with Gasteiger partial charge in [0, 0.05) is 17.6 Å². The highest BCUT2D eigenvalue weighted by Gasteiger charge is 2.14. The molecule has 5 nitrogen and oxygen atoms in total. The van der Waals surface area contributed by atoms with Gasteiger partial charge < -0.3 is 19.6 Å². The molecule has 20 heavy (non-hydrogen) atoms. The number of rotatable bonds is 7. The highest BCUT2D eigenvalue weighted by atomic mass is 32.1. The first-order chi connectivity index (χ1) is 9.70. The SMILES string of the molecule is CCOCC(=O)NC[C@@H](O)c1ccc(-c2ccsc2)o1. The lowest BCUT2D eigenvalue weighted by molar-refractivity contribution is -0.126. The van der Waals surface area contributed by atoms with Gasteiger partial charge in [-0.15, -0.1) is 0 Å². The van der Waals surface area contributed by atoms with Crippen molar-refractivity contribution in [2.75, 3.05) is 19.8 Å². The summed E-state index contributed by atoms with van der Waals surface area (Å²) in [5, 5.41) is 16.5. The van der Waals surface area contributed by atoms with Crippen molar-refractivity contribution in [3.63, 3.8) is 0 Å². The quantitative estimate of drug-likeness (QED) is 0.821. The van der Waals surface area contributed by atoms with E-state index in [0.717, 1.165) is 5.56 Å². The summed E-state index contributed by atoms with van der Waals surface area (Å²) in [5.41, 5.74) is 0.980. The van der Waals surface area contributed by atoms with Crippen LogP contribution in [0.4, 0.5) is 0 Å². The fraction of sp³-hybridized carbons (Fsp3) is 0.357. The number of ether oxygens (including phenoxy) is 1. The summed E-state index contributed by atoms with van der Waals surface area (Å²) in [6, 6.07) is 5.47. The summed E-state index contributed by atoms with van der Waals surface area (Å²) in [5.74, 6) is 0.888. The van der Waals surface area contributed by atoms with Gasteiger partial charge in [0.25, 0.3) is 0 Å². The van der Waals surface area contributed by atoms with Crippen LogP contribution in [0.15, 0.2) is 33.4 Å². The van der Waals surface area contributed by atoms with E-state index < -0.39 is 6.10 Å². The highest BCUT2D eigenvalue weighted by Crippen LogP contribution is 2.26. The lowest BCUT2D eigenvalue weighted by atomic mass is 10.2. The predicted molar refractivity (Wildman–Crippen MR) is 76.5 cm³/mol. The van der Waals surface area contributed by atoms with Crippen LogP contribution in [0.25, 0.3) is 11.3 Å². The van der Waals surface area contributed by atoms with Crippen LogP contribution < -0.4 is 5.32 Å². The fourth-order valence-corrected chi connectivity index (χ4v) is 2.29. The van der Waals surface area contributed by atoms with Crippen LogP contribution in [-0.4, -0.2) is 30.8 Å². The molecule has 0 aliphatic heterocycles. The predicted octanol–water partition coefficient (Wildman–Crippen LogP) is 2.19. The Kier molecular flexibility index (Phi) is 5.34. The Morgan fingerprint density at radius 3 is 3.05 bits per heavy atom. The molecule has 1 amide bonds. The minimum atomic E-state index is -0.868. The van der Waals surface area contributed by atoms with Crippen molar-refractivity contribution in [1.82, 2.24) is 5.32 Å². The maximum absolute atomic E-state index is 11.4. The summed E-state index contributed by atoms with van der Waals surface area (Å²) >= 11 is 1.58. The number of nitrogens with one attached hydrogen (secondary N) is 1. The maximum Gasteiger partial charge on any atom is 0.246 e. The summed E-state index contributed by atoms with van der Waals surface area (Å²) in [6.07, 6.45) is -0.868. The average molecular weight is 295 g/mol. The van der Waals surface area contributed by atoms with Gasteiger partial charge in [-0.3, -0.25) is 4.79 Å². The van der Waals surface area contributed by atoms with E-state index in [4.69, 9.17) is 9.15 Å². The first-order valence-corrected chi connectivity index (χ1v) is 7.29. The van der Waals surface area contributed by atoms with Crippen molar-refractivity contribution in [2.24, 2.45) is 0 Å². The molecule has 2 rings (SSSR count). The van der Waals surface area contributed by atoms with Gasteiger partial charge in [0.2, 0.25) is 5.91 Å². The molecular weight excluding hydrogens is 278 g/mol. The van der Waals surface area contributed by atoms with Crippen molar-refractivity contribution in [3.8, 4) is 11.3 Å². The molecule has 1 atom stereocenters. The van der Waals surface area contributed by atoms with E-state index >= 15 is 0 Å². The number of hydrogen-bond donors (Lipinski definition) is 2. The Balaban J connectivity index is 1.87. The molecule has 2 heterocycles. The Morgan fingerprint density at radius 2 is 2.35 bits per heavy atom. The minimum Gasteiger partial charge on any atom is -0.458 e. The van der Waals surface area contributed by atoms with Crippen LogP contribution in [0.1, 0.15) is 18.8 Å². The number of aliphatic hydroxyl groups is 1. The molecule has 0 saturated carbocycles. The molecule has 0 aliphatic rings. The number of thiophene rings is 1. The van der Waals surface area contributed by atoms with Crippen LogP contribution >= 0.6 is 11.3 Å². The van der Waals surface area contributed by atoms with Gasteiger partial charge in [-0.2, -0.15) is 11.3 Å². The molecule has 0 radical (unpaired) electrons. The van der Waals surface area contributed by atoms with Crippen molar-refractivity contribution >= 4 is 17.2 Å². The van der Waals surface area contributed by atoms with Crippen molar-refractivity contribution in [2.45, 2.75) is 13.0 Å². The fourth-order valence-electron chi connectivity index (χ4n) is 1.65.